The largest absolute Gasteiger partial charge is 0.481 e. The predicted octanol–water partition coefficient (Wildman–Crippen LogP) is 4.11. The fourth-order valence-electron chi connectivity index (χ4n) is 3.21. The topological polar surface area (TPSA) is 86.9 Å². The highest BCUT2D eigenvalue weighted by Crippen LogP contribution is 2.37. The van der Waals surface area contributed by atoms with E-state index >= 15 is 0 Å². The van der Waals surface area contributed by atoms with E-state index in [-0.39, 0.29) is 12.5 Å². The van der Waals surface area contributed by atoms with Gasteiger partial charge in [-0.15, -0.1) is 0 Å². The van der Waals surface area contributed by atoms with Crippen LogP contribution in [-0.4, -0.2) is 35.7 Å². The van der Waals surface area contributed by atoms with Gasteiger partial charge in [0.15, 0.2) is 0 Å². The first-order chi connectivity index (χ1) is 13.4. The molecule has 0 spiro atoms. The van der Waals surface area contributed by atoms with Gasteiger partial charge in [0.1, 0.15) is 0 Å². The molecule has 0 aromatic heterocycles. The summed E-state index contributed by atoms with van der Waals surface area (Å²) in [6.07, 6.45) is 1.52. The van der Waals surface area contributed by atoms with E-state index in [1.165, 1.54) is 0 Å². The number of benzene rings is 2. The number of nitrogens with two attached hydrogens (primary N) is 1. The first-order valence-corrected chi connectivity index (χ1v) is 9.56. The quantitative estimate of drug-likeness (QED) is 0.786. The molecule has 1 fully saturated rings. The summed E-state index contributed by atoms with van der Waals surface area (Å²) in [5, 5.41) is 9.08. The van der Waals surface area contributed by atoms with E-state index in [1.807, 2.05) is 67.6 Å². The maximum absolute atomic E-state index is 13.1. The number of nitrogens with zero attached hydrogens (tertiary/aromatic N) is 2. The maximum atomic E-state index is 13.1. The number of hydrogen-bond acceptors (Lipinski definition) is 3. The summed E-state index contributed by atoms with van der Waals surface area (Å²) in [4.78, 5) is 27.6. The molecule has 0 aliphatic carbocycles. The molecule has 0 radical (unpaired) electrons. The zero-order chi connectivity index (χ0) is 20.6. The minimum absolute atomic E-state index is 0.0236. The van der Waals surface area contributed by atoms with Gasteiger partial charge in [0.05, 0.1) is 12.1 Å². The lowest BCUT2D eigenvalue weighted by molar-refractivity contribution is -0.137. The van der Waals surface area contributed by atoms with Crippen LogP contribution in [0.2, 0.25) is 0 Å². The number of hydrogen-bond donors (Lipinski definition) is 2. The number of urea groups is 1. The van der Waals surface area contributed by atoms with E-state index < -0.39 is 11.5 Å². The number of rotatable bonds is 6. The summed E-state index contributed by atoms with van der Waals surface area (Å²) in [5.74, 6) is -0.852. The van der Waals surface area contributed by atoms with Gasteiger partial charge in [0.25, 0.3) is 0 Å². The van der Waals surface area contributed by atoms with E-state index in [9.17, 15) is 9.59 Å². The molecule has 150 valence electrons. The summed E-state index contributed by atoms with van der Waals surface area (Å²) >= 11 is 0. The lowest BCUT2D eigenvalue weighted by atomic mass is 9.94. The summed E-state index contributed by atoms with van der Waals surface area (Å²) in [6.45, 7) is 5.28. The number of carbonyl (C=O) groups is 2. The van der Waals surface area contributed by atoms with Crippen molar-refractivity contribution in [2.75, 3.05) is 22.9 Å². The molecule has 6 heteroatoms. The first-order valence-electron chi connectivity index (χ1n) is 9.56. The summed E-state index contributed by atoms with van der Waals surface area (Å²) in [6, 6.07) is 18.8. The normalized spacial score (nSPS) is 18.6. The Morgan fingerprint density at radius 2 is 1.57 bits per heavy atom. The number of carboxylic acid groups (broad SMARTS) is 1. The summed E-state index contributed by atoms with van der Waals surface area (Å²) in [5.41, 5.74) is 6.06. The fourth-order valence-corrected chi connectivity index (χ4v) is 3.21. The van der Waals surface area contributed by atoms with Crippen LogP contribution in [0.1, 0.15) is 33.1 Å². The molecule has 0 bridgehead atoms. The van der Waals surface area contributed by atoms with Crippen LogP contribution >= 0.6 is 0 Å². The molecule has 2 amide bonds. The second kappa shape index (κ2) is 9.90. The number of amides is 2. The average molecular weight is 383 g/mol. The molecule has 3 N–H and O–H groups in total. The van der Waals surface area contributed by atoms with E-state index in [1.54, 1.807) is 9.80 Å². The number of anilines is 2. The van der Waals surface area contributed by atoms with Crippen LogP contribution in [-0.2, 0) is 4.79 Å². The van der Waals surface area contributed by atoms with Gasteiger partial charge in [0.2, 0.25) is 0 Å². The lowest BCUT2D eigenvalue weighted by Crippen LogP contribution is -2.45. The van der Waals surface area contributed by atoms with E-state index in [0.717, 1.165) is 24.3 Å². The van der Waals surface area contributed by atoms with Crippen molar-refractivity contribution in [2.45, 2.75) is 38.6 Å². The van der Waals surface area contributed by atoms with Crippen LogP contribution in [0.15, 0.2) is 60.7 Å². The van der Waals surface area contributed by atoms with Crippen molar-refractivity contribution in [3.63, 3.8) is 0 Å². The summed E-state index contributed by atoms with van der Waals surface area (Å²) < 4.78 is 0. The zero-order valence-corrected chi connectivity index (χ0v) is 16.5. The molecule has 1 aliphatic heterocycles. The molecular weight excluding hydrogens is 354 g/mol. The number of carbonyl (C=O) groups excluding carboxylic acids is 1. The predicted molar refractivity (Wildman–Crippen MR) is 113 cm³/mol. The molecular formula is C22H29N3O3. The average Bonchev–Trinajstić information content (AvgIpc) is 2.99. The molecule has 1 atom stereocenters. The fraction of sp³-hybridized carbons (Fsp3) is 0.364. The Labute approximate surface area is 166 Å². The van der Waals surface area contributed by atoms with E-state index in [0.29, 0.717) is 13.0 Å². The highest BCUT2D eigenvalue weighted by molar-refractivity contribution is 6.07. The molecule has 6 nitrogen and oxygen atoms in total. The Kier molecular flexibility index (Phi) is 7.58. The number of aliphatic carboxylic acids is 1. The van der Waals surface area contributed by atoms with Crippen molar-refractivity contribution in [2.24, 2.45) is 5.73 Å². The monoisotopic (exact) mass is 383 g/mol. The van der Waals surface area contributed by atoms with E-state index in [4.69, 9.17) is 10.8 Å². The minimum Gasteiger partial charge on any atom is -0.481 e. The Hall–Kier alpha value is -2.86. The van der Waals surface area contributed by atoms with Crippen LogP contribution in [0.5, 0.6) is 0 Å². The third-order valence-corrected chi connectivity index (χ3v) is 4.71. The van der Waals surface area contributed by atoms with Gasteiger partial charge in [-0.2, -0.15) is 0 Å². The third-order valence-electron chi connectivity index (χ3n) is 4.71. The van der Waals surface area contributed by atoms with Crippen molar-refractivity contribution in [3.8, 4) is 0 Å². The van der Waals surface area contributed by atoms with Gasteiger partial charge in [-0.3, -0.25) is 14.6 Å². The second-order valence-corrected chi connectivity index (χ2v) is 7.05. The van der Waals surface area contributed by atoms with Gasteiger partial charge in [0, 0.05) is 17.8 Å². The van der Waals surface area contributed by atoms with Crippen LogP contribution in [0, 0.1) is 0 Å². The molecule has 1 heterocycles. The maximum Gasteiger partial charge on any atom is 0.329 e. The second-order valence-electron chi connectivity index (χ2n) is 7.05. The molecule has 3 rings (SSSR count). The minimum atomic E-state index is -0.852. The van der Waals surface area contributed by atoms with Gasteiger partial charge in [-0.05, 0) is 50.6 Å². The SMILES string of the molecule is CC1(CCC(=O)O)CN(c2ccccc2)C(=O)N1c1ccccc1.CCCN. The number of para-hydroxylation sites is 2. The molecule has 1 aliphatic rings. The Balaban J connectivity index is 0.000000640. The van der Waals surface area contributed by atoms with Crippen molar-refractivity contribution in [1.29, 1.82) is 0 Å². The van der Waals surface area contributed by atoms with Crippen molar-refractivity contribution in [3.05, 3.63) is 60.7 Å². The van der Waals surface area contributed by atoms with Crippen molar-refractivity contribution in [1.82, 2.24) is 0 Å². The Morgan fingerprint density at radius 1 is 1.07 bits per heavy atom. The van der Waals surface area contributed by atoms with Crippen molar-refractivity contribution >= 4 is 23.4 Å². The molecule has 2 aromatic rings. The van der Waals surface area contributed by atoms with Gasteiger partial charge >= 0.3 is 12.0 Å². The summed E-state index contributed by atoms with van der Waals surface area (Å²) in [7, 11) is 0. The lowest BCUT2D eigenvalue weighted by Gasteiger charge is -2.33. The first kappa shape index (κ1) is 21.4. The molecule has 28 heavy (non-hydrogen) atoms. The standard InChI is InChI=1S/C19H20N2O3.C3H9N/c1-19(13-12-17(22)23)14-20(15-8-4-2-5-9-15)18(24)21(19)16-10-6-3-7-11-16;1-2-3-4/h2-11H,12-14H2,1H3,(H,22,23);2-4H2,1H3. The molecule has 1 unspecified atom stereocenters. The molecule has 0 saturated carbocycles. The van der Waals surface area contributed by atoms with Crippen LogP contribution < -0.4 is 15.5 Å². The van der Waals surface area contributed by atoms with Crippen LogP contribution in [0.25, 0.3) is 0 Å². The zero-order valence-electron chi connectivity index (χ0n) is 16.5. The smallest absolute Gasteiger partial charge is 0.329 e. The van der Waals surface area contributed by atoms with Crippen LogP contribution in [0.4, 0.5) is 16.2 Å². The third kappa shape index (κ3) is 5.10. The van der Waals surface area contributed by atoms with Crippen LogP contribution in [0.3, 0.4) is 0 Å². The highest BCUT2D eigenvalue weighted by Gasteiger charge is 2.47. The Morgan fingerprint density at radius 3 is 2.04 bits per heavy atom. The van der Waals surface area contributed by atoms with Gasteiger partial charge in [-0.25, -0.2) is 4.79 Å². The highest BCUT2D eigenvalue weighted by atomic mass is 16.4. The van der Waals surface area contributed by atoms with Gasteiger partial charge in [-0.1, -0.05) is 43.3 Å². The number of carboxylic acids is 1. The molecule has 1 saturated heterocycles. The molecule has 2 aromatic carbocycles. The van der Waals surface area contributed by atoms with E-state index in [2.05, 4.69) is 6.92 Å². The Bertz CT molecular complexity index is 765. The van der Waals surface area contributed by atoms with Crippen molar-refractivity contribution < 1.29 is 14.7 Å². The van der Waals surface area contributed by atoms with Gasteiger partial charge < -0.3 is 10.8 Å².